The van der Waals surface area contributed by atoms with Crippen LogP contribution in [0, 0.1) is 0 Å². The zero-order chi connectivity index (χ0) is 19.9. The summed E-state index contributed by atoms with van der Waals surface area (Å²) in [4.78, 5) is 16.6. The number of amides is 1. The summed E-state index contributed by atoms with van der Waals surface area (Å²) >= 11 is 7.24. The van der Waals surface area contributed by atoms with E-state index >= 15 is 0 Å². The molecule has 0 fully saturated rings. The SMILES string of the molecule is COc1ccc(OC)c(NC(=O)CSCc2nc(-c3ccc(Cl)cc3)no2)c1. The highest BCUT2D eigenvalue weighted by Gasteiger charge is 2.12. The van der Waals surface area contributed by atoms with Crippen molar-refractivity contribution < 1.29 is 18.8 Å². The molecule has 2 aromatic carbocycles. The van der Waals surface area contributed by atoms with Gasteiger partial charge in [0.1, 0.15) is 11.5 Å². The van der Waals surface area contributed by atoms with Crippen LogP contribution in [0.25, 0.3) is 11.4 Å². The van der Waals surface area contributed by atoms with Crippen molar-refractivity contribution in [2.45, 2.75) is 5.75 Å². The lowest BCUT2D eigenvalue weighted by Gasteiger charge is -2.11. The molecule has 1 N–H and O–H groups in total. The molecule has 0 atom stereocenters. The van der Waals surface area contributed by atoms with Crippen molar-refractivity contribution >= 4 is 35.0 Å². The van der Waals surface area contributed by atoms with Crippen molar-refractivity contribution in [3.63, 3.8) is 0 Å². The van der Waals surface area contributed by atoms with E-state index in [4.69, 9.17) is 25.6 Å². The number of hydrogen-bond donors (Lipinski definition) is 1. The topological polar surface area (TPSA) is 86.5 Å². The summed E-state index contributed by atoms with van der Waals surface area (Å²) in [7, 11) is 3.10. The van der Waals surface area contributed by atoms with Crippen LogP contribution in [0.2, 0.25) is 5.02 Å². The molecule has 0 spiro atoms. The molecule has 0 saturated carbocycles. The number of rotatable bonds is 8. The number of halogens is 1. The largest absolute Gasteiger partial charge is 0.497 e. The fraction of sp³-hybridized carbons (Fsp3) is 0.211. The molecule has 9 heteroatoms. The van der Waals surface area contributed by atoms with E-state index < -0.39 is 0 Å². The van der Waals surface area contributed by atoms with Crippen LogP contribution in [-0.4, -0.2) is 36.0 Å². The summed E-state index contributed by atoms with van der Waals surface area (Å²) in [5.74, 6) is 2.59. The number of aromatic nitrogens is 2. The zero-order valence-electron chi connectivity index (χ0n) is 15.3. The average molecular weight is 420 g/mol. The Hall–Kier alpha value is -2.71. The Morgan fingerprint density at radius 3 is 2.68 bits per heavy atom. The fourth-order valence-corrected chi connectivity index (χ4v) is 3.14. The van der Waals surface area contributed by atoms with Crippen LogP contribution in [0.15, 0.2) is 47.0 Å². The summed E-state index contributed by atoms with van der Waals surface area (Å²) in [5.41, 5.74) is 1.36. The summed E-state index contributed by atoms with van der Waals surface area (Å²) in [6, 6.07) is 12.4. The van der Waals surface area contributed by atoms with Crippen LogP contribution in [0.1, 0.15) is 5.89 Å². The third-order valence-electron chi connectivity index (χ3n) is 3.71. The first-order chi connectivity index (χ1) is 13.6. The quantitative estimate of drug-likeness (QED) is 0.583. The van der Waals surface area contributed by atoms with E-state index in [0.29, 0.717) is 39.7 Å². The second-order valence-electron chi connectivity index (χ2n) is 5.63. The number of thioether (sulfide) groups is 1. The van der Waals surface area contributed by atoms with Crippen LogP contribution in [0.4, 0.5) is 5.69 Å². The standard InChI is InChI=1S/C19H18ClN3O4S/c1-25-14-7-8-16(26-2)15(9-14)21-17(24)10-28-11-18-22-19(23-27-18)12-3-5-13(20)6-4-12/h3-9H,10-11H2,1-2H3,(H,21,24). The van der Waals surface area contributed by atoms with Gasteiger partial charge in [0, 0.05) is 16.7 Å². The van der Waals surface area contributed by atoms with E-state index in [0.717, 1.165) is 5.56 Å². The summed E-state index contributed by atoms with van der Waals surface area (Å²) in [5, 5.41) is 7.41. The van der Waals surface area contributed by atoms with Gasteiger partial charge in [0.15, 0.2) is 0 Å². The lowest BCUT2D eigenvalue weighted by Crippen LogP contribution is -2.15. The van der Waals surface area contributed by atoms with Crippen LogP contribution in [0.3, 0.4) is 0 Å². The third-order valence-corrected chi connectivity index (χ3v) is 4.88. The highest BCUT2D eigenvalue weighted by molar-refractivity contribution is 7.99. The number of carbonyl (C=O) groups excluding carboxylic acids is 1. The Morgan fingerprint density at radius 1 is 1.18 bits per heavy atom. The molecule has 0 saturated heterocycles. The lowest BCUT2D eigenvalue weighted by molar-refractivity contribution is -0.113. The Bertz CT molecular complexity index is 947. The highest BCUT2D eigenvalue weighted by Crippen LogP contribution is 2.29. The van der Waals surface area contributed by atoms with Crippen molar-refractivity contribution in [1.82, 2.24) is 10.1 Å². The van der Waals surface area contributed by atoms with E-state index in [-0.39, 0.29) is 11.7 Å². The molecule has 1 aromatic heterocycles. The third kappa shape index (κ3) is 5.17. The number of nitrogens with one attached hydrogen (secondary N) is 1. The molecule has 7 nitrogen and oxygen atoms in total. The Labute approximate surface area is 171 Å². The molecule has 28 heavy (non-hydrogen) atoms. The lowest BCUT2D eigenvalue weighted by atomic mass is 10.2. The van der Waals surface area contributed by atoms with Gasteiger partial charge >= 0.3 is 0 Å². The maximum atomic E-state index is 12.2. The van der Waals surface area contributed by atoms with Crippen LogP contribution in [0.5, 0.6) is 11.5 Å². The van der Waals surface area contributed by atoms with Gasteiger partial charge < -0.3 is 19.3 Å². The molecule has 146 valence electrons. The van der Waals surface area contributed by atoms with Gasteiger partial charge in [-0.2, -0.15) is 4.98 Å². The Balaban J connectivity index is 1.53. The van der Waals surface area contributed by atoms with Gasteiger partial charge in [0.25, 0.3) is 0 Å². The number of carbonyl (C=O) groups is 1. The predicted octanol–water partition coefficient (Wildman–Crippen LogP) is 4.28. The van der Waals surface area contributed by atoms with Crippen LogP contribution < -0.4 is 14.8 Å². The molecule has 0 aliphatic carbocycles. The number of ether oxygens (including phenoxy) is 2. The number of methoxy groups -OCH3 is 2. The summed E-state index contributed by atoms with van der Waals surface area (Å²) < 4.78 is 15.7. The maximum Gasteiger partial charge on any atom is 0.236 e. The van der Waals surface area contributed by atoms with Crippen LogP contribution in [-0.2, 0) is 10.5 Å². The molecule has 1 heterocycles. The summed E-state index contributed by atoms with van der Waals surface area (Å²) in [6.45, 7) is 0. The maximum absolute atomic E-state index is 12.2. The number of benzene rings is 2. The normalized spacial score (nSPS) is 10.5. The number of hydrogen-bond acceptors (Lipinski definition) is 7. The second-order valence-corrected chi connectivity index (χ2v) is 7.05. The molecule has 1 amide bonds. The first-order valence-electron chi connectivity index (χ1n) is 8.27. The fourth-order valence-electron chi connectivity index (χ4n) is 2.36. The minimum Gasteiger partial charge on any atom is -0.497 e. The predicted molar refractivity (Wildman–Crippen MR) is 109 cm³/mol. The summed E-state index contributed by atoms with van der Waals surface area (Å²) in [6.07, 6.45) is 0. The van der Waals surface area contributed by atoms with E-state index in [1.807, 2.05) is 12.1 Å². The van der Waals surface area contributed by atoms with Gasteiger partial charge in [-0.05, 0) is 36.4 Å². The zero-order valence-corrected chi connectivity index (χ0v) is 16.8. The van der Waals surface area contributed by atoms with Gasteiger partial charge in [-0.25, -0.2) is 0 Å². The molecular weight excluding hydrogens is 402 g/mol. The van der Waals surface area contributed by atoms with Gasteiger partial charge in [-0.3, -0.25) is 4.79 Å². The first kappa shape index (κ1) is 20.0. The van der Waals surface area contributed by atoms with Crippen molar-refractivity contribution in [1.29, 1.82) is 0 Å². The Morgan fingerprint density at radius 2 is 1.96 bits per heavy atom. The molecule has 3 rings (SSSR count). The number of nitrogens with zero attached hydrogens (tertiary/aromatic N) is 2. The van der Waals surface area contributed by atoms with E-state index in [1.165, 1.54) is 11.8 Å². The van der Waals surface area contributed by atoms with Crippen molar-refractivity contribution in [2.75, 3.05) is 25.3 Å². The minimum atomic E-state index is -0.172. The van der Waals surface area contributed by atoms with E-state index in [1.54, 1.807) is 44.6 Å². The average Bonchev–Trinajstić information content (AvgIpc) is 3.17. The molecular formula is C19H18ClN3O4S. The molecule has 0 aliphatic heterocycles. The molecule has 0 radical (unpaired) electrons. The van der Waals surface area contributed by atoms with Crippen molar-refractivity contribution in [3.8, 4) is 22.9 Å². The van der Waals surface area contributed by atoms with Crippen molar-refractivity contribution in [2.24, 2.45) is 0 Å². The second kappa shape index (κ2) is 9.48. The highest BCUT2D eigenvalue weighted by atomic mass is 35.5. The smallest absolute Gasteiger partial charge is 0.236 e. The van der Waals surface area contributed by atoms with E-state index in [2.05, 4.69) is 15.5 Å². The van der Waals surface area contributed by atoms with Gasteiger partial charge in [-0.15, -0.1) is 11.8 Å². The van der Waals surface area contributed by atoms with Gasteiger partial charge in [-0.1, -0.05) is 16.8 Å². The van der Waals surface area contributed by atoms with Crippen molar-refractivity contribution in [3.05, 3.63) is 53.4 Å². The first-order valence-corrected chi connectivity index (χ1v) is 9.80. The van der Waals surface area contributed by atoms with Crippen LogP contribution >= 0.6 is 23.4 Å². The number of anilines is 1. The van der Waals surface area contributed by atoms with Gasteiger partial charge in [0.05, 0.1) is 31.4 Å². The molecule has 0 bridgehead atoms. The van der Waals surface area contributed by atoms with E-state index in [9.17, 15) is 4.79 Å². The Kier molecular flexibility index (Phi) is 6.78. The molecule has 0 aliphatic rings. The monoisotopic (exact) mass is 419 g/mol. The molecule has 3 aromatic rings. The van der Waals surface area contributed by atoms with Gasteiger partial charge in [0.2, 0.25) is 17.6 Å². The minimum absolute atomic E-state index is 0.172. The molecule has 0 unspecified atom stereocenters.